The Kier molecular flexibility index (Phi) is 7.58. The Bertz CT molecular complexity index is 390. The molecule has 0 bridgehead atoms. The normalized spacial score (nSPS) is 27.1. The molecule has 0 aromatic heterocycles. The van der Waals surface area contributed by atoms with Gasteiger partial charge in [-0.2, -0.15) is 0 Å². The quantitative estimate of drug-likeness (QED) is 0.284. The molecule has 1 aliphatic heterocycles. The molecule has 2 aliphatic rings. The van der Waals surface area contributed by atoms with E-state index in [1.165, 1.54) is 57.8 Å². The predicted molar refractivity (Wildman–Crippen MR) is 92.0 cm³/mol. The predicted octanol–water partition coefficient (Wildman–Crippen LogP) is 5.56. The third kappa shape index (κ3) is 4.81. The molecule has 1 aliphatic carbocycles. The second-order valence-corrected chi connectivity index (χ2v) is 7.60. The maximum atomic E-state index is 12.2. The van der Waals surface area contributed by atoms with Gasteiger partial charge in [-0.25, -0.2) is 0 Å². The van der Waals surface area contributed by atoms with Crippen molar-refractivity contribution in [1.29, 1.82) is 0 Å². The van der Waals surface area contributed by atoms with Crippen molar-refractivity contribution in [3.8, 4) is 0 Å². The number of carbonyl (C=O) groups is 2. The fraction of sp³-hybridized carbons (Fsp3) is 0.900. The monoisotopic (exact) mass is 322 g/mol. The number of cyclic esters (lactones) is 2. The highest BCUT2D eigenvalue weighted by Gasteiger charge is 2.57. The van der Waals surface area contributed by atoms with Crippen molar-refractivity contribution in [3.05, 3.63) is 0 Å². The van der Waals surface area contributed by atoms with Crippen molar-refractivity contribution in [2.45, 2.75) is 103 Å². The van der Waals surface area contributed by atoms with Gasteiger partial charge in [-0.1, -0.05) is 84.0 Å². The first-order valence-corrected chi connectivity index (χ1v) is 9.97. The summed E-state index contributed by atoms with van der Waals surface area (Å²) in [6.45, 7) is 2.25. The van der Waals surface area contributed by atoms with Gasteiger partial charge in [0.1, 0.15) is 0 Å². The van der Waals surface area contributed by atoms with E-state index >= 15 is 0 Å². The number of unbranched alkanes of at least 4 members (excludes halogenated alkanes) is 9. The summed E-state index contributed by atoms with van der Waals surface area (Å²) in [5.74, 6) is -0.604. The molecule has 2 atom stereocenters. The van der Waals surface area contributed by atoms with E-state index in [1.807, 2.05) is 0 Å². The van der Waals surface area contributed by atoms with Crippen LogP contribution in [0.3, 0.4) is 0 Å². The van der Waals surface area contributed by atoms with Crippen LogP contribution >= 0.6 is 0 Å². The maximum Gasteiger partial charge on any atom is 0.320 e. The molecule has 1 heterocycles. The van der Waals surface area contributed by atoms with Crippen LogP contribution in [0.25, 0.3) is 0 Å². The van der Waals surface area contributed by atoms with Gasteiger partial charge in [0.05, 0.1) is 11.3 Å². The van der Waals surface area contributed by atoms with Gasteiger partial charge in [-0.15, -0.1) is 0 Å². The summed E-state index contributed by atoms with van der Waals surface area (Å²) in [6.07, 6.45) is 17.7. The van der Waals surface area contributed by atoms with Gasteiger partial charge in [0.15, 0.2) is 0 Å². The number of rotatable bonds is 11. The molecule has 1 saturated heterocycles. The van der Waals surface area contributed by atoms with Crippen LogP contribution in [0.5, 0.6) is 0 Å². The zero-order valence-electron chi connectivity index (χ0n) is 14.9. The number of fused-ring (bicyclic) bond motifs is 1. The van der Waals surface area contributed by atoms with E-state index in [2.05, 4.69) is 6.92 Å². The number of ether oxygens (including phenoxy) is 1. The SMILES string of the molecule is CCCCCCCCCCCCC12CCCCC1C(=O)OC2=O. The van der Waals surface area contributed by atoms with Crippen molar-refractivity contribution in [2.24, 2.45) is 11.3 Å². The Hall–Kier alpha value is -0.860. The van der Waals surface area contributed by atoms with E-state index in [-0.39, 0.29) is 17.9 Å². The fourth-order valence-electron chi connectivity index (χ4n) is 4.42. The number of carbonyl (C=O) groups excluding carboxylic acids is 2. The van der Waals surface area contributed by atoms with Crippen LogP contribution in [0.2, 0.25) is 0 Å². The summed E-state index contributed by atoms with van der Waals surface area (Å²) >= 11 is 0. The van der Waals surface area contributed by atoms with Gasteiger partial charge in [0.2, 0.25) is 0 Å². The molecule has 0 N–H and O–H groups in total. The Morgan fingerprint density at radius 1 is 0.913 bits per heavy atom. The van der Waals surface area contributed by atoms with Gasteiger partial charge in [-0.3, -0.25) is 9.59 Å². The van der Waals surface area contributed by atoms with Crippen LogP contribution in [-0.4, -0.2) is 11.9 Å². The van der Waals surface area contributed by atoms with E-state index in [1.54, 1.807) is 0 Å². The van der Waals surface area contributed by atoms with E-state index in [4.69, 9.17) is 4.74 Å². The third-order valence-electron chi connectivity index (χ3n) is 5.89. The highest BCUT2D eigenvalue weighted by Crippen LogP contribution is 2.50. The molecule has 2 rings (SSSR count). The van der Waals surface area contributed by atoms with Crippen LogP contribution in [-0.2, 0) is 14.3 Å². The fourth-order valence-corrected chi connectivity index (χ4v) is 4.42. The first kappa shape index (κ1) is 18.5. The lowest BCUT2D eigenvalue weighted by atomic mass is 9.65. The van der Waals surface area contributed by atoms with Crippen LogP contribution in [0.15, 0.2) is 0 Å². The zero-order valence-corrected chi connectivity index (χ0v) is 14.9. The number of hydrogen-bond acceptors (Lipinski definition) is 3. The van der Waals surface area contributed by atoms with Crippen LogP contribution in [0.1, 0.15) is 103 Å². The highest BCUT2D eigenvalue weighted by atomic mass is 16.6. The minimum absolute atomic E-state index is 0.137. The molecular weight excluding hydrogens is 288 g/mol. The molecule has 0 aromatic rings. The molecule has 2 fully saturated rings. The van der Waals surface area contributed by atoms with Gasteiger partial charge in [-0.05, 0) is 19.3 Å². The lowest BCUT2D eigenvalue weighted by Crippen LogP contribution is -2.36. The highest BCUT2D eigenvalue weighted by molar-refractivity contribution is 5.99. The molecule has 0 radical (unpaired) electrons. The Balaban J connectivity index is 1.60. The summed E-state index contributed by atoms with van der Waals surface area (Å²) in [4.78, 5) is 24.1. The standard InChI is InChI=1S/C20H34O3/c1-2-3-4-5-6-7-8-9-10-12-15-20-16-13-11-14-17(20)18(21)23-19(20)22/h17H,2-16H2,1H3. The summed E-state index contributed by atoms with van der Waals surface area (Å²) in [6, 6.07) is 0. The lowest BCUT2D eigenvalue weighted by molar-refractivity contribution is -0.155. The Morgan fingerprint density at radius 3 is 2.17 bits per heavy atom. The van der Waals surface area contributed by atoms with Gasteiger partial charge in [0.25, 0.3) is 0 Å². The van der Waals surface area contributed by atoms with Crippen LogP contribution in [0, 0.1) is 11.3 Å². The molecule has 3 nitrogen and oxygen atoms in total. The molecule has 132 valence electrons. The van der Waals surface area contributed by atoms with E-state index in [0.29, 0.717) is 0 Å². The molecule has 1 saturated carbocycles. The minimum Gasteiger partial charge on any atom is -0.392 e. The van der Waals surface area contributed by atoms with Gasteiger partial charge >= 0.3 is 11.9 Å². The number of esters is 2. The van der Waals surface area contributed by atoms with Crippen LogP contribution < -0.4 is 0 Å². The van der Waals surface area contributed by atoms with Crippen molar-refractivity contribution in [2.75, 3.05) is 0 Å². The Labute approximate surface area is 141 Å². The summed E-state index contributed by atoms with van der Waals surface area (Å²) in [7, 11) is 0. The number of hydrogen-bond donors (Lipinski definition) is 0. The van der Waals surface area contributed by atoms with E-state index in [0.717, 1.165) is 38.5 Å². The van der Waals surface area contributed by atoms with Crippen molar-refractivity contribution >= 4 is 11.9 Å². The largest absolute Gasteiger partial charge is 0.392 e. The average Bonchev–Trinajstić information content (AvgIpc) is 2.81. The van der Waals surface area contributed by atoms with E-state index < -0.39 is 5.41 Å². The van der Waals surface area contributed by atoms with E-state index in [9.17, 15) is 9.59 Å². The smallest absolute Gasteiger partial charge is 0.320 e. The average molecular weight is 322 g/mol. The van der Waals surface area contributed by atoms with Crippen molar-refractivity contribution < 1.29 is 14.3 Å². The molecule has 0 spiro atoms. The Morgan fingerprint density at radius 2 is 1.52 bits per heavy atom. The minimum atomic E-state index is -0.449. The second-order valence-electron chi connectivity index (χ2n) is 7.60. The molecule has 3 heteroatoms. The first-order valence-electron chi connectivity index (χ1n) is 9.97. The van der Waals surface area contributed by atoms with Crippen LogP contribution in [0.4, 0.5) is 0 Å². The molecule has 23 heavy (non-hydrogen) atoms. The molecule has 0 amide bonds. The summed E-state index contributed by atoms with van der Waals surface area (Å²) < 4.78 is 4.98. The molecular formula is C20H34O3. The maximum absolute atomic E-state index is 12.2. The molecule has 0 aromatic carbocycles. The lowest BCUT2D eigenvalue weighted by Gasteiger charge is -2.33. The second kappa shape index (κ2) is 9.44. The van der Waals surface area contributed by atoms with Gasteiger partial charge < -0.3 is 4.74 Å². The zero-order chi connectivity index (χ0) is 16.5. The van der Waals surface area contributed by atoms with Crippen molar-refractivity contribution in [1.82, 2.24) is 0 Å². The topological polar surface area (TPSA) is 43.4 Å². The van der Waals surface area contributed by atoms with Crippen molar-refractivity contribution in [3.63, 3.8) is 0 Å². The summed E-state index contributed by atoms with van der Waals surface area (Å²) in [5.41, 5.74) is -0.449. The molecule has 2 unspecified atom stereocenters. The summed E-state index contributed by atoms with van der Waals surface area (Å²) in [5, 5.41) is 0. The third-order valence-corrected chi connectivity index (χ3v) is 5.89. The first-order chi connectivity index (χ1) is 11.2. The van der Waals surface area contributed by atoms with Gasteiger partial charge in [0, 0.05) is 0 Å².